The van der Waals surface area contributed by atoms with Gasteiger partial charge in [0.2, 0.25) is 0 Å². The molecule has 1 aromatic carbocycles. The van der Waals surface area contributed by atoms with Gasteiger partial charge in [0.05, 0.1) is 18.4 Å². The molecule has 20 heavy (non-hydrogen) atoms. The standard InChI is InChI=1S/C13H20N2O4S/c1-9(2)8-14-20(17,18)15-12-6-5-10(3)7-11(12)13(16)19-4/h5-7,9,14-15H,8H2,1-4H3. The van der Waals surface area contributed by atoms with Gasteiger partial charge >= 0.3 is 5.97 Å². The van der Waals surface area contributed by atoms with Crippen molar-refractivity contribution in [3.05, 3.63) is 29.3 Å². The van der Waals surface area contributed by atoms with Gasteiger partial charge in [-0.2, -0.15) is 13.1 Å². The van der Waals surface area contributed by atoms with E-state index in [-0.39, 0.29) is 17.2 Å². The highest BCUT2D eigenvalue weighted by molar-refractivity contribution is 7.90. The lowest BCUT2D eigenvalue weighted by molar-refractivity contribution is 0.0602. The van der Waals surface area contributed by atoms with Gasteiger partial charge in [0.25, 0.3) is 10.2 Å². The second-order valence-electron chi connectivity index (χ2n) is 4.89. The molecule has 1 rings (SSSR count). The fourth-order valence-electron chi connectivity index (χ4n) is 1.48. The van der Waals surface area contributed by atoms with Crippen LogP contribution in [0, 0.1) is 12.8 Å². The van der Waals surface area contributed by atoms with Crippen LogP contribution >= 0.6 is 0 Å². The molecule has 0 aromatic heterocycles. The van der Waals surface area contributed by atoms with Gasteiger partial charge in [-0.1, -0.05) is 25.5 Å². The lowest BCUT2D eigenvalue weighted by Crippen LogP contribution is -2.33. The smallest absolute Gasteiger partial charge is 0.340 e. The lowest BCUT2D eigenvalue weighted by atomic mass is 10.1. The summed E-state index contributed by atoms with van der Waals surface area (Å²) in [5.41, 5.74) is 1.21. The molecule has 0 fully saturated rings. The minimum absolute atomic E-state index is 0.183. The maximum atomic E-state index is 11.9. The number of benzene rings is 1. The average Bonchev–Trinajstić information content (AvgIpc) is 2.37. The third-order valence-electron chi connectivity index (χ3n) is 2.51. The molecule has 0 saturated carbocycles. The van der Waals surface area contributed by atoms with Gasteiger partial charge in [-0.3, -0.25) is 4.72 Å². The second kappa shape index (κ2) is 6.71. The second-order valence-corrected chi connectivity index (χ2v) is 6.39. The van der Waals surface area contributed by atoms with Crippen molar-refractivity contribution >= 4 is 21.9 Å². The summed E-state index contributed by atoms with van der Waals surface area (Å²) in [6.45, 7) is 5.92. The van der Waals surface area contributed by atoms with Gasteiger partial charge in [0.15, 0.2) is 0 Å². The Hall–Kier alpha value is -1.60. The number of hydrogen-bond acceptors (Lipinski definition) is 4. The molecule has 112 valence electrons. The van der Waals surface area contributed by atoms with Gasteiger partial charge in [-0.05, 0) is 25.0 Å². The van der Waals surface area contributed by atoms with Crippen molar-refractivity contribution in [3.8, 4) is 0 Å². The van der Waals surface area contributed by atoms with Gasteiger partial charge in [0.1, 0.15) is 0 Å². The molecule has 0 spiro atoms. The van der Waals surface area contributed by atoms with Crippen LogP contribution in [0.4, 0.5) is 5.69 Å². The molecule has 0 heterocycles. The van der Waals surface area contributed by atoms with Crippen LogP contribution in [0.5, 0.6) is 0 Å². The third-order valence-corrected chi connectivity index (χ3v) is 3.54. The van der Waals surface area contributed by atoms with Crippen LogP contribution < -0.4 is 9.44 Å². The van der Waals surface area contributed by atoms with Crippen LogP contribution in [-0.4, -0.2) is 28.0 Å². The average molecular weight is 300 g/mol. The molecule has 0 aliphatic carbocycles. The van der Waals surface area contributed by atoms with E-state index in [0.717, 1.165) is 5.56 Å². The number of hydrogen-bond donors (Lipinski definition) is 2. The minimum Gasteiger partial charge on any atom is -0.465 e. The van der Waals surface area contributed by atoms with Gasteiger partial charge in [-0.15, -0.1) is 0 Å². The van der Waals surface area contributed by atoms with Gasteiger partial charge in [-0.25, -0.2) is 4.79 Å². The molecular formula is C13H20N2O4S. The Bertz CT molecular complexity index is 582. The summed E-state index contributed by atoms with van der Waals surface area (Å²) in [5.74, 6) is -0.403. The molecule has 0 saturated heterocycles. The summed E-state index contributed by atoms with van der Waals surface area (Å²) < 4.78 is 33.2. The summed E-state index contributed by atoms with van der Waals surface area (Å²) >= 11 is 0. The Morgan fingerprint density at radius 3 is 2.55 bits per heavy atom. The molecule has 0 aliphatic rings. The summed E-state index contributed by atoms with van der Waals surface area (Å²) in [7, 11) is -2.46. The molecule has 7 heteroatoms. The van der Waals surface area contributed by atoms with Crippen LogP contribution in [0.25, 0.3) is 0 Å². The zero-order chi connectivity index (χ0) is 15.3. The number of ether oxygens (including phenoxy) is 1. The topological polar surface area (TPSA) is 84.5 Å². The van der Waals surface area contributed by atoms with E-state index in [9.17, 15) is 13.2 Å². The summed E-state index contributed by atoms with van der Waals surface area (Å²) in [4.78, 5) is 11.7. The Morgan fingerprint density at radius 1 is 1.35 bits per heavy atom. The van der Waals surface area contributed by atoms with Gasteiger partial charge < -0.3 is 4.74 Å². The maximum Gasteiger partial charge on any atom is 0.340 e. The zero-order valence-corrected chi connectivity index (χ0v) is 12.9. The van der Waals surface area contributed by atoms with E-state index >= 15 is 0 Å². The molecule has 0 aliphatic heterocycles. The molecular weight excluding hydrogens is 280 g/mol. The van der Waals surface area contributed by atoms with Crippen LogP contribution in [0.3, 0.4) is 0 Å². The van der Waals surface area contributed by atoms with E-state index in [2.05, 4.69) is 14.2 Å². The molecule has 0 bridgehead atoms. The normalized spacial score (nSPS) is 11.4. The van der Waals surface area contributed by atoms with Crippen LogP contribution in [0.2, 0.25) is 0 Å². The number of esters is 1. The monoisotopic (exact) mass is 300 g/mol. The van der Waals surface area contributed by atoms with Crippen molar-refractivity contribution in [1.29, 1.82) is 0 Å². The van der Waals surface area contributed by atoms with Crippen LogP contribution in [0.15, 0.2) is 18.2 Å². The Kier molecular flexibility index (Phi) is 5.52. The first-order valence-electron chi connectivity index (χ1n) is 6.21. The predicted molar refractivity (Wildman–Crippen MR) is 77.9 cm³/mol. The van der Waals surface area contributed by atoms with Crippen molar-refractivity contribution in [2.75, 3.05) is 18.4 Å². The Labute approximate surface area is 119 Å². The van der Waals surface area contributed by atoms with Crippen molar-refractivity contribution in [1.82, 2.24) is 4.72 Å². The van der Waals surface area contributed by atoms with Crippen molar-refractivity contribution in [2.45, 2.75) is 20.8 Å². The van der Waals surface area contributed by atoms with E-state index in [1.807, 2.05) is 20.8 Å². The summed E-state index contributed by atoms with van der Waals surface area (Å²) in [5, 5.41) is 0. The lowest BCUT2D eigenvalue weighted by Gasteiger charge is -2.13. The highest BCUT2D eigenvalue weighted by Gasteiger charge is 2.17. The zero-order valence-electron chi connectivity index (χ0n) is 12.1. The summed E-state index contributed by atoms with van der Waals surface area (Å²) in [6, 6.07) is 4.83. The fraction of sp³-hybridized carbons (Fsp3) is 0.462. The van der Waals surface area contributed by atoms with Crippen molar-refractivity contribution < 1.29 is 17.9 Å². The largest absolute Gasteiger partial charge is 0.465 e. The molecule has 1 aromatic rings. The SMILES string of the molecule is COC(=O)c1cc(C)ccc1NS(=O)(=O)NCC(C)C. The van der Waals surface area contributed by atoms with Gasteiger partial charge in [0, 0.05) is 6.54 Å². The molecule has 0 radical (unpaired) electrons. The van der Waals surface area contributed by atoms with E-state index < -0.39 is 16.2 Å². The molecule has 2 N–H and O–H groups in total. The number of rotatable bonds is 6. The highest BCUT2D eigenvalue weighted by atomic mass is 32.2. The van der Waals surface area contributed by atoms with Crippen LogP contribution in [0.1, 0.15) is 29.8 Å². The first-order valence-corrected chi connectivity index (χ1v) is 7.70. The molecule has 0 amide bonds. The summed E-state index contributed by atoms with van der Waals surface area (Å²) in [6.07, 6.45) is 0. The fourth-order valence-corrected chi connectivity index (χ4v) is 2.58. The number of carbonyl (C=O) groups is 1. The number of nitrogens with one attached hydrogen (secondary N) is 2. The number of carbonyl (C=O) groups excluding carboxylic acids is 1. The predicted octanol–water partition coefficient (Wildman–Crippen LogP) is 1.68. The Morgan fingerprint density at radius 2 is 2.00 bits per heavy atom. The van der Waals surface area contributed by atoms with E-state index in [1.165, 1.54) is 13.2 Å². The van der Waals surface area contributed by atoms with Crippen molar-refractivity contribution in [3.63, 3.8) is 0 Å². The first kappa shape index (κ1) is 16.5. The number of aryl methyl sites for hydroxylation is 1. The number of anilines is 1. The van der Waals surface area contributed by atoms with Crippen LogP contribution in [-0.2, 0) is 14.9 Å². The molecule has 6 nitrogen and oxygen atoms in total. The molecule has 0 unspecified atom stereocenters. The minimum atomic E-state index is -3.71. The van der Waals surface area contributed by atoms with E-state index in [4.69, 9.17) is 0 Å². The van der Waals surface area contributed by atoms with E-state index in [0.29, 0.717) is 6.54 Å². The van der Waals surface area contributed by atoms with E-state index in [1.54, 1.807) is 12.1 Å². The Balaban J connectivity index is 3.00. The van der Waals surface area contributed by atoms with Crippen molar-refractivity contribution in [2.24, 2.45) is 5.92 Å². The maximum absolute atomic E-state index is 11.9. The third kappa shape index (κ3) is 4.82. The highest BCUT2D eigenvalue weighted by Crippen LogP contribution is 2.19. The first-order chi connectivity index (χ1) is 9.25. The molecule has 0 atom stereocenters. The number of methoxy groups -OCH3 is 1. The quantitative estimate of drug-likeness (QED) is 0.783.